The molecule has 5 aromatic rings. The molecule has 5 heterocycles. The van der Waals surface area contributed by atoms with E-state index in [9.17, 15) is 8.42 Å². The molecule has 0 aliphatic heterocycles. The molecule has 0 atom stereocenters. The van der Waals surface area contributed by atoms with Crippen LogP contribution in [-0.4, -0.2) is 48.7 Å². The quantitative estimate of drug-likeness (QED) is 0.371. The van der Waals surface area contributed by atoms with Gasteiger partial charge in [-0.15, -0.1) is 0 Å². The van der Waals surface area contributed by atoms with Crippen LogP contribution in [0, 0.1) is 5.41 Å². The van der Waals surface area contributed by atoms with Crippen molar-refractivity contribution in [1.82, 2.24) is 34.1 Å². The lowest BCUT2D eigenvalue weighted by atomic mass is 10.1. The van der Waals surface area contributed by atoms with Gasteiger partial charge in [0.2, 0.25) is 0 Å². The number of hydrogen-bond acceptors (Lipinski definition) is 8. The second-order valence-electron chi connectivity index (χ2n) is 7.18. The highest BCUT2D eigenvalue weighted by atomic mass is 32.2. The van der Waals surface area contributed by atoms with Crippen molar-refractivity contribution in [2.45, 2.75) is 5.03 Å². The number of imidazole rings is 1. The molecule has 12 heteroatoms. The molecule has 0 bridgehead atoms. The molecular weight excluding hydrogens is 442 g/mol. The normalized spacial score (nSPS) is 11.5. The van der Waals surface area contributed by atoms with Gasteiger partial charge in [-0.05, 0) is 18.2 Å². The number of aromatic nitrogens is 7. The Hall–Kier alpha value is -4.45. The van der Waals surface area contributed by atoms with E-state index in [0.29, 0.717) is 11.2 Å². The fourth-order valence-corrected chi connectivity index (χ4v) is 4.53. The molecule has 0 saturated carbocycles. The van der Waals surface area contributed by atoms with Crippen LogP contribution in [0.1, 0.15) is 5.69 Å². The highest BCUT2D eigenvalue weighted by molar-refractivity contribution is 7.92. The first-order chi connectivity index (χ1) is 15.9. The summed E-state index contributed by atoms with van der Waals surface area (Å²) in [4.78, 5) is 16.5. The van der Waals surface area contributed by atoms with Crippen LogP contribution in [0.3, 0.4) is 0 Å². The second-order valence-corrected chi connectivity index (χ2v) is 8.81. The van der Waals surface area contributed by atoms with Gasteiger partial charge in [0.25, 0.3) is 10.0 Å². The Bertz CT molecular complexity index is 1590. The minimum Gasteiger partial charge on any atom is -0.306 e. The fourth-order valence-electron chi connectivity index (χ4n) is 3.37. The maximum atomic E-state index is 13.3. The molecule has 2 N–H and O–H groups in total. The molecule has 33 heavy (non-hydrogen) atoms. The Morgan fingerprint density at radius 1 is 0.939 bits per heavy atom. The SMILES string of the molecule is Cn1cc(-c2cnc(C=N)c(NS(=O)(=O)c3cnc4ccc(-c5cncnc5)cn34)c2)cn1. The molecule has 0 aromatic carbocycles. The second kappa shape index (κ2) is 7.91. The number of rotatable bonds is 6. The smallest absolute Gasteiger partial charge is 0.279 e. The highest BCUT2D eigenvalue weighted by Gasteiger charge is 2.22. The fraction of sp³-hybridized carbons (Fsp3) is 0.0476. The zero-order valence-electron chi connectivity index (χ0n) is 17.3. The standard InChI is InChI=1S/C21H17N9O2S/c1-29-11-17(9-27-29)15-4-18(19(5-22)25-8-15)28-33(31,32)21-10-26-20-3-2-14(12-30(20)21)16-6-23-13-24-7-16/h2-13,22,28H,1H3. The Morgan fingerprint density at radius 3 is 2.48 bits per heavy atom. The third kappa shape index (κ3) is 3.83. The first-order valence-corrected chi connectivity index (χ1v) is 11.2. The van der Waals surface area contributed by atoms with Crippen LogP contribution in [0.25, 0.3) is 27.9 Å². The molecule has 11 nitrogen and oxygen atoms in total. The number of nitrogens with zero attached hydrogens (tertiary/aromatic N) is 7. The summed E-state index contributed by atoms with van der Waals surface area (Å²) in [5, 5.41) is 11.7. The lowest BCUT2D eigenvalue weighted by Crippen LogP contribution is -2.16. The summed E-state index contributed by atoms with van der Waals surface area (Å²) in [5.74, 6) is 0. The van der Waals surface area contributed by atoms with Crippen molar-refractivity contribution in [2.24, 2.45) is 7.05 Å². The lowest BCUT2D eigenvalue weighted by molar-refractivity contribution is 0.596. The predicted octanol–water partition coefficient (Wildman–Crippen LogP) is 2.39. The van der Waals surface area contributed by atoms with E-state index >= 15 is 0 Å². The monoisotopic (exact) mass is 459 g/mol. The van der Waals surface area contributed by atoms with E-state index in [-0.39, 0.29) is 16.4 Å². The molecule has 0 unspecified atom stereocenters. The summed E-state index contributed by atoms with van der Waals surface area (Å²) in [6, 6.07) is 5.16. The van der Waals surface area contributed by atoms with Crippen molar-refractivity contribution in [1.29, 1.82) is 5.41 Å². The number of fused-ring (bicyclic) bond motifs is 1. The summed E-state index contributed by atoms with van der Waals surface area (Å²) < 4.78 is 32.3. The van der Waals surface area contributed by atoms with Crippen LogP contribution in [0.4, 0.5) is 5.69 Å². The van der Waals surface area contributed by atoms with Gasteiger partial charge in [0.05, 0.1) is 18.1 Å². The molecule has 0 amide bonds. The molecule has 164 valence electrons. The molecule has 5 aromatic heterocycles. The van der Waals surface area contributed by atoms with Crippen molar-refractivity contribution in [3.8, 4) is 22.3 Å². The average Bonchev–Trinajstić information content (AvgIpc) is 3.45. The van der Waals surface area contributed by atoms with Gasteiger partial charge in [-0.2, -0.15) is 13.5 Å². The Morgan fingerprint density at radius 2 is 1.76 bits per heavy atom. The minimum absolute atomic E-state index is 0.0566. The van der Waals surface area contributed by atoms with Gasteiger partial charge >= 0.3 is 0 Å². The third-order valence-electron chi connectivity index (χ3n) is 4.98. The number of hydrogen-bond donors (Lipinski definition) is 2. The molecule has 0 saturated heterocycles. The van der Waals surface area contributed by atoms with E-state index in [1.54, 1.807) is 61.0 Å². The first-order valence-electron chi connectivity index (χ1n) is 9.69. The largest absolute Gasteiger partial charge is 0.306 e. The maximum Gasteiger partial charge on any atom is 0.279 e. The van der Waals surface area contributed by atoms with Crippen LogP contribution in [0.15, 0.2) is 72.9 Å². The Balaban J connectivity index is 1.56. The number of sulfonamides is 1. The molecule has 0 radical (unpaired) electrons. The Labute approximate surface area is 188 Å². The van der Waals surface area contributed by atoms with Gasteiger partial charge in [0, 0.05) is 66.5 Å². The number of aryl methyl sites for hydroxylation is 1. The molecule has 0 aliphatic rings. The Kier molecular flexibility index (Phi) is 4.90. The summed E-state index contributed by atoms with van der Waals surface area (Å²) in [7, 11) is -2.28. The van der Waals surface area contributed by atoms with E-state index in [4.69, 9.17) is 5.41 Å². The summed E-state index contributed by atoms with van der Waals surface area (Å²) in [5.41, 5.74) is 3.73. The van der Waals surface area contributed by atoms with E-state index < -0.39 is 10.0 Å². The summed E-state index contributed by atoms with van der Waals surface area (Å²) in [6.07, 6.45) is 13.7. The average molecular weight is 459 g/mol. The predicted molar refractivity (Wildman–Crippen MR) is 121 cm³/mol. The minimum atomic E-state index is -4.07. The van der Waals surface area contributed by atoms with Gasteiger partial charge in [-0.1, -0.05) is 0 Å². The van der Waals surface area contributed by atoms with Crippen LogP contribution in [0.2, 0.25) is 0 Å². The zero-order valence-corrected chi connectivity index (χ0v) is 18.1. The van der Waals surface area contributed by atoms with E-state index in [1.807, 2.05) is 6.07 Å². The maximum absolute atomic E-state index is 13.3. The first kappa shape index (κ1) is 20.5. The third-order valence-corrected chi connectivity index (χ3v) is 6.32. The molecular formula is C21H17N9O2S. The van der Waals surface area contributed by atoms with E-state index in [2.05, 4.69) is 29.8 Å². The summed E-state index contributed by atoms with van der Waals surface area (Å²) >= 11 is 0. The zero-order chi connectivity index (χ0) is 23.0. The number of pyridine rings is 2. The highest BCUT2D eigenvalue weighted by Crippen LogP contribution is 2.26. The van der Waals surface area contributed by atoms with Gasteiger partial charge < -0.3 is 5.41 Å². The van der Waals surface area contributed by atoms with Crippen molar-refractivity contribution in [2.75, 3.05) is 4.72 Å². The molecule has 0 aliphatic carbocycles. The topological polar surface area (TPSA) is 144 Å². The van der Waals surface area contributed by atoms with Gasteiger partial charge in [0.1, 0.15) is 17.7 Å². The van der Waals surface area contributed by atoms with Crippen LogP contribution >= 0.6 is 0 Å². The lowest BCUT2D eigenvalue weighted by Gasteiger charge is -2.11. The van der Waals surface area contributed by atoms with Crippen LogP contribution < -0.4 is 4.72 Å². The van der Waals surface area contributed by atoms with Gasteiger partial charge in [-0.25, -0.2) is 15.0 Å². The van der Waals surface area contributed by atoms with E-state index in [1.165, 1.54) is 16.9 Å². The van der Waals surface area contributed by atoms with Gasteiger partial charge in [0.15, 0.2) is 5.03 Å². The van der Waals surface area contributed by atoms with Crippen molar-refractivity contribution >= 4 is 27.6 Å². The molecule has 0 spiro atoms. The van der Waals surface area contributed by atoms with Crippen LogP contribution in [0.5, 0.6) is 0 Å². The van der Waals surface area contributed by atoms with E-state index in [0.717, 1.165) is 22.9 Å². The summed E-state index contributed by atoms with van der Waals surface area (Å²) in [6.45, 7) is 0. The molecule has 0 fully saturated rings. The van der Waals surface area contributed by atoms with Crippen LogP contribution in [-0.2, 0) is 17.1 Å². The number of anilines is 1. The van der Waals surface area contributed by atoms with Crippen molar-refractivity contribution < 1.29 is 8.42 Å². The van der Waals surface area contributed by atoms with Gasteiger partial charge in [-0.3, -0.25) is 18.8 Å². The molecule has 5 rings (SSSR count). The van der Waals surface area contributed by atoms with Crippen molar-refractivity contribution in [3.63, 3.8) is 0 Å². The number of nitrogens with one attached hydrogen (secondary N) is 2. The van der Waals surface area contributed by atoms with Crippen molar-refractivity contribution in [3.05, 3.63) is 73.6 Å².